The number of amides is 1. The quantitative estimate of drug-likeness (QED) is 0.615. The van der Waals surface area contributed by atoms with Crippen molar-refractivity contribution in [2.45, 2.75) is 64.8 Å². The molecule has 2 fully saturated rings. The molecule has 2 aliphatic rings. The normalized spacial score (nSPS) is 22.3. The summed E-state index contributed by atoms with van der Waals surface area (Å²) in [6.45, 7) is 5.08. The molecule has 0 unspecified atom stereocenters. The maximum Gasteiger partial charge on any atom is 0.355 e. The highest BCUT2D eigenvalue weighted by molar-refractivity contribution is 6.01. The highest BCUT2D eigenvalue weighted by atomic mass is 16.5. The number of anilines is 1. The molecule has 162 valence electrons. The molecule has 2 heterocycles. The lowest BCUT2D eigenvalue weighted by atomic mass is 9.76. The standard InChI is InChI=1S/C24H33N3O3/c1-3-17-19-14-16(10-11-20(19)27-22(17)24(29)30-4-2)26-23(28)21-18(12-13-25-21)15-8-6-5-7-9-15/h10-11,14-15,18,21,25,27H,3-9,12-13H2,1-2H3,(H,26,28)/t18-,21-/m0/s1. The molecule has 1 aliphatic heterocycles. The minimum absolute atomic E-state index is 0.0571. The molecule has 0 spiro atoms. The molecule has 6 nitrogen and oxygen atoms in total. The van der Waals surface area contributed by atoms with Crippen molar-refractivity contribution in [2.75, 3.05) is 18.5 Å². The molecule has 0 bridgehead atoms. The first kappa shape index (κ1) is 20.9. The number of esters is 1. The van der Waals surface area contributed by atoms with Crippen molar-refractivity contribution in [1.82, 2.24) is 10.3 Å². The first-order valence-electron chi connectivity index (χ1n) is 11.5. The van der Waals surface area contributed by atoms with Crippen LogP contribution >= 0.6 is 0 Å². The number of nitrogens with one attached hydrogen (secondary N) is 3. The molecule has 30 heavy (non-hydrogen) atoms. The van der Waals surface area contributed by atoms with Crippen LogP contribution in [0.1, 0.15) is 68.4 Å². The second-order valence-corrected chi connectivity index (χ2v) is 8.58. The number of ether oxygens (including phenoxy) is 1. The summed E-state index contributed by atoms with van der Waals surface area (Å²) in [5, 5.41) is 7.53. The Balaban J connectivity index is 1.53. The highest BCUT2D eigenvalue weighted by Crippen LogP contribution is 2.36. The number of carbonyl (C=O) groups excluding carboxylic acids is 2. The minimum atomic E-state index is -0.332. The van der Waals surface area contributed by atoms with Crippen molar-refractivity contribution in [3.63, 3.8) is 0 Å². The fourth-order valence-corrected chi connectivity index (χ4v) is 5.37. The van der Waals surface area contributed by atoms with Crippen LogP contribution in [-0.2, 0) is 16.0 Å². The molecule has 0 radical (unpaired) electrons. The molecule has 2 atom stereocenters. The summed E-state index contributed by atoms with van der Waals surface area (Å²) in [6, 6.07) is 5.68. The molecule has 3 N–H and O–H groups in total. The number of aryl methyl sites for hydroxylation is 1. The summed E-state index contributed by atoms with van der Waals surface area (Å²) in [5.74, 6) is 0.821. The zero-order valence-corrected chi connectivity index (χ0v) is 18.1. The number of benzene rings is 1. The van der Waals surface area contributed by atoms with Gasteiger partial charge in [0.1, 0.15) is 5.69 Å². The summed E-state index contributed by atoms with van der Waals surface area (Å²) >= 11 is 0. The molecule has 1 aromatic carbocycles. The Morgan fingerprint density at radius 3 is 2.67 bits per heavy atom. The van der Waals surface area contributed by atoms with Crippen LogP contribution in [0.4, 0.5) is 5.69 Å². The number of fused-ring (bicyclic) bond motifs is 1. The monoisotopic (exact) mass is 411 g/mol. The van der Waals surface area contributed by atoms with Crippen molar-refractivity contribution in [1.29, 1.82) is 0 Å². The third kappa shape index (κ3) is 4.10. The van der Waals surface area contributed by atoms with Crippen LogP contribution in [0.2, 0.25) is 0 Å². The van der Waals surface area contributed by atoms with Gasteiger partial charge in [-0.25, -0.2) is 4.79 Å². The van der Waals surface area contributed by atoms with E-state index in [9.17, 15) is 9.59 Å². The topological polar surface area (TPSA) is 83.2 Å². The van der Waals surface area contributed by atoms with Crippen molar-refractivity contribution in [2.24, 2.45) is 11.8 Å². The van der Waals surface area contributed by atoms with E-state index in [-0.39, 0.29) is 17.9 Å². The summed E-state index contributed by atoms with van der Waals surface area (Å²) in [4.78, 5) is 28.6. The third-order valence-corrected chi connectivity index (χ3v) is 6.81. The van der Waals surface area contributed by atoms with Crippen LogP contribution in [0.15, 0.2) is 18.2 Å². The molecule has 2 aromatic rings. The Morgan fingerprint density at radius 2 is 1.93 bits per heavy atom. The molecule has 1 amide bonds. The highest BCUT2D eigenvalue weighted by Gasteiger charge is 2.38. The van der Waals surface area contributed by atoms with E-state index in [1.54, 1.807) is 6.92 Å². The van der Waals surface area contributed by atoms with Crippen LogP contribution in [0, 0.1) is 11.8 Å². The lowest BCUT2D eigenvalue weighted by molar-refractivity contribution is -0.119. The Labute approximate surface area is 178 Å². The number of aromatic amines is 1. The Kier molecular flexibility index (Phi) is 6.42. The Hall–Kier alpha value is -2.34. The van der Waals surface area contributed by atoms with Gasteiger partial charge in [-0.1, -0.05) is 39.0 Å². The van der Waals surface area contributed by atoms with Gasteiger partial charge in [0.25, 0.3) is 0 Å². The number of rotatable bonds is 6. The number of carbonyl (C=O) groups is 2. The van der Waals surface area contributed by atoms with Gasteiger partial charge in [0, 0.05) is 16.6 Å². The molecule has 1 aromatic heterocycles. The zero-order chi connectivity index (χ0) is 21.1. The van der Waals surface area contributed by atoms with E-state index in [1.165, 1.54) is 32.1 Å². The van der Waals surface area contributed by atoms with Gasteiger partial charge in [-0.15, -0.1) is 0 Å². The van der Waals surface area contributed by atoms with Crippen molar-refractivity contribution in [3.8, 4) is 0 Å². The molecule has 1 aliphatic carbocycles. The lowest BCUT2D eigenvalue weighted by Crippen LogP contribution is -2.42. The summed E-state index contributed by atoms with van der Waals surface area (Å²) in [5.41, 5.74) is 3.09. The molecular weight excluding hydrogens is 378 g/mol. The van der Waals surface area contributed by atoms with Gasteiger partial charge < -0.3 is 20.4 Å². The zero-order valence-electron chi connectivity index (χ0n) is 18.1. The van der Waals surface area contributed by atoms with E-state index in [1.807, 2.05) is 25.1 Å². The molecule has 1 saturated heterocycles. The fraction of sp³-hybridized carbons (Fsp3) is 0.583. The van der Waals surface area contributed by atoms with Crippen LogP contribution in [0.25, 0.3) is 10.9 Å². The predicted molar refractivity (Wildman–Crippen MR) is 119 cm³/mol. The van der Waals surface area contributed by atoms with Crippen molar-refractivity contribution < 1.29 is 14.3 Å². The van der Waals surface area contributed by atoms with E-state index in [0.717, 1.165) is 35.1 Å². The first-order valence-corrected chi connectivity index (χ1v) is 11.5. The van der Waals surface area contributed by atoms with Gasteiger partial charge >= 0.3 is 5.97 Å². The largest absolute Gasteiger partial charge is 0.461 e. The average Bonchev–Trinajstić information content (AvgIpc) is 3.39. The van der Waals surface area contributed by atoms with Gasteiger partial charge in [-0.2, -0.15) is 0 Å². The fourth-order valence-electron chi connectivity index (χ4n) is 5.37. The number of hydrogen-bond acceptors (Lipinski definition) is 4. The van der Waals surface area contributed by atoms with Crippen molar-refractivity contribution in [3.05, 3.63) is 29.5 Å². The first-order chi connectivity index (χ1) is 14.6. The van der Waals surface area contributed by atoms with Gasteiger partial charge in [0.15, 0.2) is 0 Å². The summed E-state index contributed by atoms with van der Waals surface area (Å²) in [7, 11) is 0. The number of aromatic nitrogens is 1. The summed E-state index contributed by atoms with van der Waals surface area (Å²) < 4.78 is 5.18. The van der Waals surface area contributed by atoms with Gasteiger partial charge in [0.2, 0.25) is 5.91 Å². The lowest BCUT2D eigenvalue weighted by Gasteiger charge is -2.30. The number of H-pyrrole nitrogens is 1. The minimum Gasteiger partial charge on any atom is -0.461 e. The molecule has 4 rings (SSSR count). The van der Waals surface area contributed by atoms with Crippen LogP contribution < -0.4 is 10.6 Å². The van der Waals surface area contributed by atoms with E-state index >= 15 is 0 Å². The van der Waals surface area contributed by atoms with Gasteiger partial charge in [-0.05, 0) is 61.9 Å². The smallest absolute Gasteiger partial charge is 0.355 e. The molecule has 1 saturated carbocycles. The average molecular weight is 412 g/mol. The predicted octanol–water partition coefficient (Wildman–Crippen LogP) is 4.40. The van der Waals surface area contributed by atoms with Crippen LogP contribution in [0.5, 0.6) is 0 Å². The van der Waals surface area contributed by atoms with Crippen LogP contribution in [0.3, 0.4) is 0 Å². The van der Waals surface area contributed by atoms with E-state index in [2.05, 4.69) is 15.6 Å². The van der Waals surface area contributed by atoms with E-state index < -0.39 is 0 Å². The Morgan fingerprint density at radius 1 is 1.13 bits per heavy atom. The van der Waals surface area contributed by atoms with Gasteiger partial charge in [-0.3, -0.25) is 4.79 Å². The second-order valence-electron chi connectivity index (χ2n) is 8.58. The SMILES string of the molecule is CCOC(=O)c1[nH]c2ccc(NC(=O)[C@H]3NCC[C@H]3C3CCCCC3)cc2c1CC. The maximum atomic E-state index is 13.1. The van der Waals surface area contributed by atoms with E-state index in [4.69, 9.17) is 4.74 Å². The second kappa shape index (κ2) is 9.21. The third-order valence-electron chi connectivity index (χ3n) is 6.81. The Bertz CT molecular complexity index is 914. The number of hydrogen-bond donors (Lipinski definition) is 3. The van der Waals surface area contributed by atoms with Gasteiger partial charge in [0.05, 0.1) is 12.6 Å². The van der Waals surface area contributed by atoms with E-state index in [0.29, 0.717) is 30.6 Å². The van der Waals surface area contributed by atoms with Crippen LogP contribution in [-0.4, -0.2) is 36.1 Å². The molecular formula is C24H33N3O3. The summed E-state index contributed by atoms with van der Waals surface area (Å²) in [6.07, 6.45) is 8.22. The van der Waals surface area contributed by atoms with Crippen molar-refractivity contribution >= 4 is 28.5 Å². The molecule has 6 heteroatoms. The maximum absolute atomic E-state index is 13.1.